The van der Waals surface area contributed by atoms with Gasteiger partial charge in [0, 0.05) is 0 Å². The fraction of sp³-hybridized carbons (Fsp3) is 0.867. The lowest BCUT2D eigenvalue weighted by Crippen LogP contribution is -2.33. The molecule has 3 atom stereocenters. The molecule has 3 unspecified atom stereocenters. The van der Waals surface area contributed by atoms with E-state index in [1.165, 1.54) is 0 Å². The fourth-order valence-corrected chi connectivity index (χ4v) is 2.46. The van der Waals surface area contributed by atoms with Crippen LogP contribution in [-0.2, 0) is 14.3 Å². The number of ether oxygens (including phenoxy) is 1. The summed E-state index contributed by atoms with van der Waals surface area (Å²) in [7, 11) is 0. The molecule has 0 spiro atoms. The predicted molar refractivity (Wildman–Crippen MR) is 70.8 cm³/mol. The van der Waals surface area contributed by atoms with Crippen molar-refractivity contribution in [1.82, 2.24) is 0 Å². The molecular formula is C15H26O3. The Hall–Kier alpha value is -0.860. The van der Waals surface area contributed by atoms with E-state index in [1.807, 2.05) is 20.8 Å². The van der Waals surface area contributed by atoms with E-state index in [0.717, 1.165) is 6.42 Å². The number of esters is 2. The first-order chi connectivity index (χ1) is 7.94. The Kier molecular flexibility index (Phi) is 3.94. The maximum Gasteiger partial charge on any atom is 0.318 e. The highest BCUT2D eigenvalue weighted by Crippen LogP contribution is 2.43. The minimum atomic E-state index is -0.349. The minimum Gasteiger partial charge on any atom is -0.393 e. The van der Waals surface area contributed by atoms with Gasteiger partial charge in [0.25, 0.3) is 0 Å². The average molecular weight is 254 g/mol. The van der Waals surface area contributed by atoms with Gasteiger partial charge < -0.3 is 4.74 Å². The first-order valence-electron chi connectivity index (χ1n) is 6.70. The number of hydrogen-bond acceptors (Lipinski definition) is 3. The summed E-state index contributed by atoms with van der Waals surface area (Å²) in [5.41, 5.74) is -0.0974. The molecule has 1 saturated heterocycles. The summed E-state index contributed by atoms with van der Waals surface area (Å²) >= 11 is 0. The van der Waals surface area contributed by atoms with E-state index in [4.69, 9.17) is 4.74 Å². The summed E-state index contributed by atoms with van der Waals surface area (Å²) in [5.74, 6) is -0.915. The van der Waals surface area contributed by atoms with Crippen LogP contribution in [0.2, 0.25) is 0 Å². The molecule has 3 heteroatoms. The largest absolute Gasteiger partial charge is 0.393 e. The molecular weight excluding hydrogens is 228 g/mol. The second-order valence-electron chi connectivity index (χ2n) is 7.69. The summed E-state index contributed by atoms with van der Waals surface area (Å²) in [5, 5.41) is 0. The van der Waals surface area contributed by atoms with Gasteiger partial charge in [0.1, 0.15) is 0 Å². The molecule has 0 aliphatic carbocycles. The van der Waals surface area contributed by atoms with Gasteiger partial charge in [-0.2, -0.15) is 0 Å². The van der Waals surface area contributed by atoms with Crippen LogP contribution in [-0.4, -0.2) is 11.9 Å². The molecule has 1 aliphatic heterocycles. The standard InChI is InChI=1S/C15H26O3/c1-9(14(2,3)4)8-10-11(15(5,6)7)13(17)18-12(10)16/h9-11H,8H2,1-7H3. The van der Waals surface area contributed by atoms with Gasteiger partial charge >= 0.3 is 11.9 Å². The van der Waals surface area contributed by atoms with Crippen LogP contribution in [0.4, 0.5) is 0 Å². The Morgan fingerprint density at radius 1 is 1.06 bits per heavy atom. The van der Waals surface area contributed by atoms with Crippen molar-refractivity contribution in [3.63, 3.8) is 0 Å². The molecule has 1 fully saturated rings. The molecule has 0 saturated carbocycles. The zero-order chi connectivity index (χ0) is 14.3. The number of carbonyl (C=O) groups is 2. The molecule has 0 bridgehead atoms. The Bertz CT molecular complexity index is 344. The van der Waals surface area contributed by atoms with Crippen LogP contribution in [0.15, 0.2) is 0 Å². The predicted octanol–water partition coefficient (Wildman–Crippen LogP) is 3.42. The third-order valence-electron chi connectivity index (χ3n) is 4.18. The van der Waals surface area contributed by atoms with E-state index < -0.39 is 0 Å². The van der Waals surface area contributed by atoms with Crippen molar-refractivity contribution in [2.45, 2.75) is 54.9 Å². The second-order valence-corrected chi connectivity index (χ2v) is 7.69. The quantitative estimate of drug-likeness (QED) is 0.560. The normalized spacial score (nSPS) is 27.3. The Morgan fingerprint density at radius 3 is 1.94 bits per heavy atom. The Morgan fingerprint density at radius 2 is 1.56 bits per heavy atom. The molecule has 1 rings (SSSR count). The van der Waals surface area contributed by atoms with Crippen molar-refractivity contribution in [2.24, 2.45) is 28.6 Å². The molecule has 0 N–H and O–H groups in total. The summed E-state index contributed by atoms with van der Waals surface area (Å²) in [6.07, 6.45) is 0.718. The zero-order valence-corrected chi connectivity index (χ0v) is 12.7. The summed E-state index contributed by atoms with van der Waals surface area (Å²) < 4.78 is 4.85. The highest BCUT2D eigenvalue weighted by atomic mass is 16.6. The number of carbonyl (C=O) groups excluding carboxylic acids is 2. The molecule has 3 nitrogen and oxygen atoms in total. The maximum atomic E-state index is 11.9. The van der Waals surface area contributed by atoms with E-state index >= 15 is 0 Å². The van der Waals surface area contributed by atoms with E-state index in [0.29, 0.717) is 5.92 Å². The lowest BCUT2D eigenvalue weighted by atomic mass is 9.68. The lowest BCUT2D eigenvalue weighted by molar-refractivity contribution is -0.154. The molecule has 0 amide bonds. The van der Waals surface area contributed by atoms with Crippen LogP contribution in [0.1, 0.15) is 54.9 Å². The van der Waals surface area contributed by atoms with Crippen molar-refractivity contribution in [1.29, 1.82) is 0 Å². The first kappa shape index (κ1) is 15.2. The fourth-order valence-electron chi connectivity index (χ4n) is 2.46. The molecule has 18 heavy (non-hydrogen) atoms. The van der Waals surface area contributed by atoms with Gasteiger partial charge in [-0.15, -0.1) is 0 Å². The Labute approximate surface area is 110 Å². The van der Waals surface area contributed by atoms with Crippen molar-refractivity contribution >= 4 is 11.9 Å². The van der Waals surface area contributed by atoms with Gasteiger partial charge in [-0.3, -0.25) is 9.59 Å². The second kappa shape index (κ2) is 4.67. The zero-order valence-electron chi connectivity index (χ0n) is 12.7. The van der Waals surface area contributed by atoms with Crippen LogP contribution in [0.5, 0.6) is 0 Å². The molecule has 104 valence electrons. The summed E-state index contributed by atoms with van der Waals surface area (Å²) in [4.78, 5) is 23.7. The van der Waals surface area contributed by atoms with E-state index in [2.05, 4.69) is 27.7 Å². The van der Waals surface area contributed by atoms with Crippen LogP contribution in [0.25, 0.3) is 0 Å². The topological polar surface area (TPSA) is 43.4 Å². The maximum absolute atomic E-state index is 11.9. The molecule has 0 aromatic carbocycles. The SMILES string of the molecule is CC(CC1C(=O)OC(=O)C1C(C)(C)C)C(C)(C)C. The third-order valence-corrected chi connectivity index (χ3v) is 4.18. The highest BCUT2D eigenvalue weighted by molar-refractivity contribution is 5.96. The molecule has 0 aromatic heterocycles. The van der Waals surface area contributed by atoms with Gasteiger partial charge in [-0.25, -0.2) is 0 Å². The Balaban J connectivity index is 2.91. The van der Waals surface area contributed by atoms with Crippen LogP contribution >= 0.6 is 0 Å². The number of cyclic esters (lactones) is 2. The highest BCUT2D eigenvalue weighted by Gasteiger charge is 2.50. The van der Waals surface area contributed by atoms with Crippen molar-refractivity contribution in [3.8, 4) is 0 Å². The molecule has 0 aromatic rings. The van der Waals surface area contributed by atoms with Gasteiger partial charge in [-0.1, -0.05) is 48.5 Å². The molecule has 1 heterocycles. The summed E-state index contributed by atoms with van der Waals surface area (Å²) in [6, 6.07) is 0. The van der Waals surface area contributed by atoms with Crippen LogP contribution < -0.4 is 0 Å². The van der Waals surface area contributed by atoms with Gasteiger partial charge in [-0.05, 0) is 23.2 Å². The molecule has 1 aliphatic rings. The molecule has 0 radical (unpaired) electrons. The van der Waals surface area contributed by atoms with Gasteiger partial charge in [0.15, 0.2) is 0 Å². The smallest absolute Gasteiger partial charge is 0.318 e. The van der Waals surface area contributed by atoms with E-state index in [-0.39, 0.29) is 34.6 Å². The number of rotatable bonds is 2. The monoisotopic (exact) mass is 254 g/mol. The third kappa shape index (κ3) is 3.12. The average Bonchev–Trinajstić information content (AvgIpc) is 2.38. The first-order valence-corrected chi connectivity index (χ1v) is 6.70. The van der Waals surface area contributed by atoms with Crippen molar-refractivity contribution in [3.05, 3.63) is 0 Å². The van der Waals surface area contributed by atoms with Crippen LogP contribution in [0, 0.1) is 28.6 Å². The van der Waals surface area contributed by atoms with E-state index in [1.54, 1.807) is 0 Å². The van der Waals surface area contributed by atoms with Crippen molar-refractivity contribution < 1.29 is 14.3 Å². The van der Waals surface area contributed by atoms with Crippen molar-refractivity contribution in [2.75, 3.05) is 0 Å². The minimum absolute atomic E-state index is 0.133. The number of hydrogen-bond donors (Lipinski definition) is 0. The van der Waals surface area contributed by atoms with Gasteiger partial charge in [0.05, 0.1) is 11.8 Å². The lowest BCUT2D eigenvalue weighted by Gasteiger charge is -2.33. The van der Waals surface area contributed by atoms with Crippen LogP contribution in [0.3, 0.4) is 0 Å². The van der Waals surface area contributed by atoms with Gasteiger partial charge in [0.2, 0.25) is 0 Å². The van der Waals surface area contributed by atoms with E-state index in [9.17, 15) is 9.59 Å². The summed E-state index contributed by atoms with van der Waals surface area (Å²) in [6.45, 7) is 14.6.